The molecule has 148 valence electrons. The van der Waals surface area contributed by atoms with Crippen LogP contribution < -0.4 is 0 Å². The van der Waals surface area contributed by atoms with Crippen LogP contribution in [0.3, 0.4) is 0 Å². The summed E-state index contributed by atoms with van der Waals surface area (Å²) in [4.78, 5) is 14.2. The van der Waals surface area contributed by atoms with Gasteiger partial charge >= 0.3 is 5.97 Å². The minimum Gasteiger partial charge on any atom is -0.442 e. The third-order valence-corrected chi connectivity index (χ3v) is 8.90. The van der Waals surface area contributed by atoms with E-state index in [0.29, 0.717) is 5.56 Å². The molecule has 1 aliphatic carbocycles. The molecule has 0 aliphatic heterocycles. The quantitative estimate of drug-likeness (QED) is 0.121. The third kappa shape index (κ3) is 3.30. The average Bonchev–Trinajstić information content (AvgIpc) is 3.37. The molecule has 0 spiro atoms. The summed E-state index contributed by atoms with van der Waals surface area (Å²) < 4.78 is 9.61. The van der Waals surface area contributed by atoms with Crippen molar-refractivity contribution in [3.05, 3.63) is 75.9 Å². The van der Waals surface area contributed by atoms with Crippen LogP contribution in [0.5, 0.6) is 0 Å². The van der Waals surface area contributed by atoms with E-state index in [2.05, 4.69) is 83.1 Å². The SMILES string of the molecule is C#CC1(OC(=O)c2ccc3c(c2)c2ccccc2[s+]3-c2ccc(I)cc2)CCCC1. The van der Waals surface area contributed by atoms with Crippen molar-refractivity contribution in [2.75, 3.05) is 0 Å². The second-order valence-electron chi connectivity index (χ2n) is 7.70. The summed E-state index contributed by atoms with van der Waals surface area (Å²) in [5, 5.41) is 2.31. The molecule has 0 N–H and O–H groups in total. The molecule has 1 aliphatic rings. The lowest BCUT2D eigenvalue weighted by atomic mass is 10.0. The number of hydrogen-bond donors (Lipinski definition) is 0. The molecule has 2 nitrogen and oxygen atoms in total. The van der Waals surface area contributed by atoms with Gasteiger partial charge in [-0.3, -0.25) is 0 Å². The first-order valence-electron chi connectivity index (χ1n) is 10.0. The maximum atomic E-state index is 12.9. The molecule has 0 bridgehead atoms. The third-order valence-electron chi connectivity index (χ3n) is 5.84. The van der Waals surface area contributed by atoms with Gasteiger partial charge in [-0.2, -0.15) is 0 Å². The summed E-state index contributed by atoms with van der Waals surface area (Å²) in [6.45, 7) is 0. The van der Waals surface area contributed by atoms with Gasteiger partial charge in [-0.25, -0.2) is 4.79 Å². The molecular weight excluding hydrogens is 503 g/mol. The number of carbonyl (C=O) groups is 1. The molecule has 3 aromatic carbocycles. The van der Waals surface area contributed by atoms with Gasteiger partial charge in [0.25, 0.3) is 0 Å². The Hall–Kier alpha value is -2.36. The molecule has 1 saturated carbocycles. The maximum absolute atomic E-state index is 12.9. The highest BCUT2D eigenvalue weighted by molar-refractivity contribution is 14.1. The topological polar surface area (TPSA) is 26.3 Å². The van der Waals surface area contributed by atoms with E-state index in [9.17, 15) is 4.79 Å². The Balaban J connectivity index is 1.63. The summed E-state index contributed by atoms with van der Waals surface area (Å²) in [6, 6.07) is 23.1. The standard InChI is InChI=1S/C26H20IO2S/c1-2-26(15-5-6-16-26)29-25(28)18-9-14-24-22(17-18)21-7-3-4-8-23(21)30(24)20-12-10-19(27)11-13-20/h1,3-4,7-14,17H,5-6,15-16H2/q+1. The first-order valence-corrected chi connectivity index (χ1v) is 12.3. The molecule has 5 rings (SSSR count). The number of rotatable bonds is 3. The lowest BCUT2D eigenvalue weighted by molar-refractivity contribution is 0.0104. The zero-order chi connectivity index (χ0) is 20.7. The van der Waals surface area contributed by atoms with E-state index in [-0.39, 0.29) is 16.4 Å². The number of carbonyl (C=O) groups excluding carboxylic acids is 1. The van der Waals surface area contributed by atoms with Crippen LogP contribution in [0.25, 0.3) is 25.1 Å². The minimum absolute atomic E-state index is 0.172. The molecule has 30 heavy (non-hydrogen) atoms. The Bertz CT molecular complexity index is 1300. The fourth-order valence-corrected chi connectivity index (χ4v) is 7.03. The van der Waals surface area contributed by atoms with Crippen molar-refractivity contribution >= 4 is 59.2 Å². The monoisotopic (exact) mass is 523 g/mol. The van der Waals surface area contributed by atoms with E-state index in [0.717, 1.165) is 31.1 Å². The Morgan fingerprint density at radius 2 is 1.67 bits per heavy atom. The second-order valence-corrected chi connectivity index (χ2v) is 10.9. The summed E-state index contributed by atoms with van der Waals surface area (Å²) in [6.07, 6.45) is 9.23. The Labute approximate surface area is 192 Å². The van der Waals surface area contributed by atoms with Crippen LogP contribution >= 0.6 is 33.1 Å². The predicted octanol–water partition coefficient (Wildman–Crippen LogP) is 7.44. The van der Waals surface area contributed by atoms with Gasteiger partial charge in [0.05, 0.1) is 5.56 Å². The Morgan fingerprint density at radius 3 is 2.40 bits per heavy atom. The van der Waals surface area contributed by atoms with Crippen LogP contribution in [0, 0.1) is 15.9 Å². The lowest BCUT2D eigenvalue weighted by Crippen LogP contribution is -2.30. The number of hydrogen-bond acceptors (Lipinski definition) is 2. The highest BCUT2D eigenvalue weighted by Crippen LogP contribution is 2.48. The van der Waals surface area contributed by atoms with Gasteiger partial charge in [-0.1, -0.05) is 18.1 Å². The van der Waals surface area contributed by atoms with E-state index >= 15 is 0 Å². The number of fused-ring (bicyclic) bond motifs is 3. The first kappa shape index (κ1) is 19.6. The molecule has 1 fully saturated rings. The van der Waals surface area contributed by atoms with E-state index in [4.69, 9.17) is 11.2 Å². The van der Waals surface area contributed by atoms with Gasteiger partial charge < -0.3 is 4.74 Å². The predicted molar refractivity (Wildman–Crippen MR) is 133 cm³/mol. The smallest absolute Gasteiger partial charge is 0.339 e. The fourth-order valence-electron chi connectivity index (χ4n) is 4.31. The van der Waals surface area contributed by atoms with Gasteiger partial charge in [-0.15, -0.1) is 6.42 Å². The van der Waals surface area contributed by atoms with Crippen molar-refractivity contribution in [3.63, 3.8) is 0 Å². The van der Waals surface area contributed by atoms with Crippen LogP contribution in [0.2, 0.25) is 0 Å². The molecule has 0 radical (unpaired) electrons. The van der Waals surface area contributed by atoms with Crippen molar-refractivity contribution in [2.45, 2.75) is 31.3 Å². The lowest BCUT2D eigenvalue weighted by Gasteiger charge is -2.22. The maximum Gasteiger partial charge on any atom is 0.339 e. The summed E-state index contributed by atoms with van der Waals surface area (Å²) >= 11 is 2.33. The summed E-state index contributed by atoms with van der Waals surface area (Å²) in [7, 11) is -0.172. The molecule has 1 heterocycles. The number of thiophene rings is 1. The number of terminal acetylenes is 1. The summed E-state index contributed by atoms with van der Waals surface area (Å²) in [5.41, 5.74) is -0.169. The second kappa shape index (κ2) is 7.72. The van der Waals surface area contributed by atoms with Crippen LogP contribution in [-0.4, -0.2) is 11.6 Å². The zero-order valence-electron chi connectivity index (χ0n) is 16.4. The van der Waals surface area contributed by atoms with Gasteiger partial charge in [0.1, 0.15) is 0 Å². The number of halogens is 1. The number of esters is 1. The molecule has 4 heteroatoms. The van der Waals surface area contributed by atoms with E-state index < -0.39 is 5.60 Å². The van der Waals surface area contributed by atoms with Crippen LogP contribution in [0.4, 0.5) is 0 Å². The Kier molecular flexibility index (Phi) is 5.04. The van der Waals surface area contributed by atoms with Crippen molar-refractivity contribution in [1.29, 1.82) is 0 Å². The minimum atomic E-state index is -0.737. The molecule has 1 atom stereocenters. The van der Waals surface area contributed by atoms with Crippen LogP contribution in [0.1, 0.15) is 36.0 Å². The van der Waals surface area contributed by atoms with Gasteiger partial charge in [-0.05, 0) is 103 Å². The highest BCUT2D eigenvalue weighted by atomic mass is 127. The fraction of sp³-hybridized carbons (Fsp3) is 0.192. The molecule has 0 amide bonds. The van der Waals surface area contributed by atoms with Gasteiger partial charge in [0.2, 0.25) is 0 Å². The van der Waals surface area contributed by atoms with E-state index in [1.807, 2.05) is 12.1 Å². The highest BCUT2D eigenvalue weighted by Gasteiger charge is 2.36. The largest absolute Gasteiger partial charge is 0.442 e. The number of benzene rings is 3. The van der Waals surface area contributed by atoms with Crippen molar-refractivity contribution < 1.29 is 9.53 Å². The number of ether oxygens (including phenoxy) is 1. The van der Waals surface area contributed by atoms with E-state index in [1.165, 1.54) is 23.3 Å². The molecule has 4 aromatic rings. The first-order chi connectivity index (χ1) is 14.6. The van der Waals surface area contributed by atoms with Crippen LogP contribution in [-0.2, 0) is 4.74 Å². The van der Waals surface area contributed by atoms with Crippen molar-refractivity contribution in [1.82, 2.24) is 0 Å². The average molecular weight is 523 g/mol. The van der Waals surface area contributed by atoms with Crippen molar-refractivity contribution in [3.8, 4) is 17.2 Å². The van der Waals surface area contributed by atoms with Gasteiger partial charge in [0.15, 0.2) is 19.9 Å². The Morgan fingerprint density at radius 1 is 0.967 bits per heavy atom. The summed E-state index contributed by atoms with van der Waals surface area (Å²) in [5.74, 6) is 2.41. The van der Waals surface area contributed by atoms with Gasteiger partial charge in [0, 0.05) is 24.8 Å². The van der Waals surface area contributed by atoms with Crippen LogP contribution in [0.15, 0.2) is 66.7 Å². The molecular formula is C26H20IO2S+. The molecule has 0 saturated heterocycles. The normalized spacial score (nSPS) is 15.9. The molecule has 1 unspecified atom stereocenters. The molecule has 1 aromatic heterocycles. The van der Waals surface area contributed by atoms with E-state index in [1.54, 1.807) is 0 Å². The zero-order valence-corrected chi connectivity index (χ0v) is 19.3. The van der Waals surface area contributed by atoms with Crippen molar-refractivity contribution in [2.24, 2.45) is 0 Å².